The van der Waals surface area contributed by atoms with Crippen molar-refractivity contribution in [3.63, 3.8) is 0 Å². The normalized spacial score (nSPS) is 14.1. The number of Topliss-reactive ketones (excluding diaryl/α,β-unsaturated/α-hetero) is 1. The zero-order valence-corrected chi connectivity index (χ0v) is 8.68. The second-order valence-corrected chi connectivity index (χ2v) is 3.37. The van der Waals surface area contributed by atoms with Gasteiger partial charge in [0.2, 0.25) is 0 Å². The Morgan fingerprint density at radius 2 is 2.06 bits per heavy atom. The molecule has 1 aromatic carbocycles. The minimum absolute atomic E-state index is 0.0356. The first-order valence-electron chi connectivity index (χ1n) is 4.71. The standard InChI is InChI=1S/C10H11NO6/c12-5-8(13)10(15)9(14)6-2-1-3-7(4-6)11(16)17/h1-4,9-10,12,14-15H,5H2/t9-,10-/m1/s1. The molecule has 0 bridgehead atoms. The van der Waals surface area contributed by atoms with E-state index in [0.717, 1.165) is 6.07 Å². The Balaban J connectivity index is 2.96. The summed E-state index contributed by atoms with van der Waals surface area (Å²) in [7, 11) is 0. The van der Waals surface area contributed by atoms with Gasteiger partial charge in [-0.2, -0.15) is 0 Å². The topological polar surface area (TPSA) is 121 Å². The molecule has 0 heterocycles. The van der Waals surface area contributed by atoms with E-state index in [-0.39, 0.29) is 11.3 Å². The van der Waals surface area contributed by atoms with E-state index < -0.39 is 29.5 Å². The summed E-state index contributed by atoms with van der Waals surface area (Å²) in [5.41, 5.74) is -0.223. The van der Waals surface area contributed by atoms with Crippen LogP contribution in [0.25, 0.3) is 0 Å². The van der Waals surface area contributed by atoms with E-state index in [1.54, 1.807) is 0 Å². The molecule has 0 saturated heterocycles. The third-order valence-corrected chi connectivity index (χ3v) is 2.21. The van der Waals surface area contributed by atoms with Crippen molar-refractivity contribution in [1.29, 1.82) is 0 Å². The van der Waals surface area contributed by atoms with Gasteiger partial charge < -0.3 is 15.3 Å². The molecule has 0 saturated carbocycles. The van der Waals surface area contributed by atoms with Crippen LogP contribution in [0.3, 0.4) is 0 Å². The first kappa shape index (κ1) is 13.2. The monoisotopic (exact) mass is 241 g/mol. The van der Waals surface area contributed by atoms with Crippen molar-refractivity contribution in [2.75, 3.05) is 6.61 Å². The largest absolute Gasteiger partial charge is 0.388 e. The van der Waals surface area contributed by atoms with Crippen LogP contribution in [0, 0.1) is 10.1 Å². The number of aliphatic hydroxyl groups excluding tert-OH is 3. The molecule has 0 radical (unpaired) electrons. The molecule has 17 heavy (non-hydrogen) atoms. The summed E-state index contributed by atoms with van der Waals surface area (Å²) >= 11 is 0. The molecule has 0 aliphatic rings. The number of benzene rings is 1. The zero-order valence-electron chi connectivity index (χ0n) is 8.68. The third-order valence-electron chi connectivity index (χ3n) is 2.21. The number of nitro groups is 1. The van der Waals surface area contributed by atoms with Crippen molar-refractivity contribution >= 4 is 11.5 Å². The van der Waals surface area contributed by atoms with Crippen molar-refractivity contribution in [3.8, 4) is 0 Å². The lowest BCUT2D eigenvalue weighted by atomic mass is 10.0. The molecule has 2 atom stereocenters. The predicted octanol–water partition coefficient (Wildman–Crippen LogP) is -0.450. The van der Waals surface area contributed by atoms with Crippen molar-refractivity contribution < 1.29 is 25.0 Å². The van der Waals surface area contributed by atoms with E-state index in [9.17, 15) is 25.1 Å². The molecule has 7 nitrogen and oxygen atoms in total. The first-order chi connectivity index (χ1) is 7.97. The smallest absolute Gasteiger partial charge is 0.269 e. The highest BCUT2D eigenvalue weighted by Gasteiger charge is 2.25. The molecule has 3 N–H and O–H groups in total. The second-order valence-electron chi connectivity index (χ2n) is 3.37. The van der Waals surface area contributed by atoms with E-state index in [4.69, 9.17) is 5.11 Å². The van der Waals surface area contributed by atoms with E-state index in [1.807, 2.05) is 0 Å². The maximum atomic E-state index is 11.0. The van der Waals surface area contributed by atoms with Crippen molar-refractivity contribution in [2.45, 2.75) is 12.2 Å². The Kier molecular flexibility index (Phi) is 4.27. The Labute approximate surface area is 96.1 Å². The van der Waals surface area contributed by atoms with Crippen LogP contribution in [-0.4, -0.2) is 38.7 Å². The minimum atomic E-state index is -1.80. The number of non-ortho nitro benzene ring substituents is 1. The van der Waals surface area contributed by atoms with Gasteiger partial charge >= 0.3 is 0 Å². The van der Waals surface area contributed by atoms with Gasteiger partial charge in [-0.25, -0.2) is 0 Å². The molecule has 0 unspecified atom stereocenters. The average Bonchev–Trinajstić information content (AvgIpc) is 2.36. The third kappa shape index (κ3) is 3.06. The van der Waals surface area contributed by atoms with Gasteiger partial charge in [-0.3, -0.25) is 14.9 Å². The Bertz CT molecular complexity index is 433. The number of hydrogen-bond acceptors (Lipinski definition) is 6. The fraction of sp³-hybridized carbons (Fsp3) is 0.300. The van der Waals surface area contributed by atoms with Gasteiger partial charge in [0, 0.05) is 12.1 Å². The Hall–Kier alpha value is -1.83. The SMILES string of the molecule is O=C(CO)[C@@H](O)[C@H](O)c1cccc([N+](=O)[O-])c1. The summed E-state index contributed by atoms with van der Waals surface area (Å²) in [6.07, 6.45) is -3.41. The highest BCUT2D eigenvalue weighted by Crippen LogP contribution is 2.21. The summed E-state index contributed by atoms with van der Waals surface area (Å²) in [4.78, 5) is 20.8. The number of hydrogen-bond donors (Lipinski definition) is 3. The van der Waals surface area contributed by atoms with E-state index in [1.165, 1.54) is 18.2 Å². The molecule has 1 aromatic rings. The molecule has 7 heteroatoms. The van der Waals surface area contributed by atoms with Crippen LogP contribution >= 0.6 is 0 Å². The molecule has 0 aliphatic carbocycles. The first-order valence-corrected chi connectivity index (χ1v) is 4.71. The van der Waals surface area contributed by atoms with Crippen LogP contribution in [0.4, 0.5) is 5.69 Å². The lowest BCUT2D eigenvalue weighted by molar-refractivity contribution is -0.385. The molecular weight excluding hydrogens is 230 g/mol. The highest BCUT2D eigenvalue weighted by atomic mass is 16.6. The quantitative estimate of drug-likeness (QED) is 0.474. The number of carbonyl (C=O) groups is 1. The summed E-state index contributed by atoms with van der Waals surface area (Å²) in [5, 5.41) is 37.9. The number of ketones is 1. The van der Waals surface area contributed by atoms with Crippen LogP contribution in [0.5, 0.6) is 0 Å². The van der Waals surface area contributed by atoms with Gasteiger partial charge in [0.05, 0.1) is 4.92 Å². The predicted molar refractivity (Wildman–Crippen MR) is 56.2 cm³/mol. The number of nitro benzene ring substituents is 1. The summed E-state index contributed by atoms with van der Waals surface area (Å²) in [6.45, 7) is -0.910. The minimum Gasteiger partial charge on any atom is -0.388 e. The second kappa shape index (κ2) is 5.48. The van der Waals surface area contributed by atoms with Crippen LogP contribution in [0.2, 0.25) is 0 Å². The Morgan fingerprint density at radius 3 is 2.59 bits per heavy atom. The maximum absolute atomic E-state index is 11.0. The molecule has 0 aromatic heterocycles. The van der Waals surface area contributed by atoms with Gasteiger partial charge in [0.15, 0.2) is 5.78 Å². The van der Waals surface area contributed by atoms with Gasteiger partial charge in [-0.1, -0.05) is 12.1 Å². The molecule has 0 fully saturated rings. The number of carbonyl (C=O) groups excluding carboxylic acids is 1. The number of nitrogens with zero attached hydrogens (tertiary/aromatic N) is 1. The van der Waals surface area contributed by atoms with Crippen molar-refractivity contribution in [3.05, 3.63) is 39.9 Å². The van der Waals surface area contributed by atoms with Crippen molar-refractivity contribution in [2.24, 2.45) is 0 Å². The number of aliphatic hydroxyl groups is 3. The van der Waals surface area contributed by atoms with Gasteiger partial charge in [0.25, 0.3) is 5.69 Å². The van der Waals surface area contributed by atoms with E-state index in [0.29, 0.717) is 0 Å². The van der Waals surface area contributed by atoms with Gasteiger partial charge in [-0.15, -0.1) is 0 Å². The molecule has 0 aliphatic heterocycles. The van der Waals surface area contributed by atoms with E-state index in [2.05, 4.69) is 0 Å². The molecular formula is C10H11NO6. The highest BCUT2D eigenvalue weighted by molar-refractivity contribution is 5.84. The fourth-order valence-corrected chi connectivity index (χ4v) is 1.27. The molecule has 1 rings (SSSR count). The fourth-order valence-electron chi connectivity index (χ4n) is 1.27. The van der Waals surface area contributed by atoms with Crippen LogP contribution in [0.15, 0.2) is 24.3 Å². The lowest BCUT2D eigenvalue weighted by Gasteiger charge is -2.15. The molecule has 0 amide bonds. The average molecular weight is 241 g/mol. The van der Waals surface area contributed by atoms with Gasteiger partial charge in [0.1, 0.15) is 18.8 Å². The van der Waals surface area contributed by atoms with E-state index >= 15 is 0 Å². The van der Waals surface area contributed by atoms with Crippen LogP contribution in [-0.2, 0) is 4.79 Å². The molecule has 0 spiro atoms. The van der Waals surface area contributed by atoms with Crippen LogP contribution < -0.4 is 0 Å². The summed E-state index contributed by atoms with van der Waals surface area (Å²) in [5.74, 6) is -0.955. The molecule has 92 valence electrons. The number of rotatable bonds is 5. The lowest BCUT2D eigenvalue weighted by Crippen LogP contribution is -2.30. The van der Waals surface area contributed by atoms with Crippen LogP contribution in [0.1, 0.15) is 11.7 Å². The maximum Gasteiger partial charge on any atom is 0.269 e. The van der Waals surface area contributed by atoms with Crippen molar-refractivity contribution in [1.82, 2.24) is 0 Å². The zero-order chi connectivity index (χ0) is 13.0. The van der Waals surface area contributed by atoms with Gasteiger partial charge in [-0.05, 0) is 5.56 Å². The summed E-state index contributed by atoms with van der Waals surface area (Å²) < 4.78 is 0. The Morgan fingerprint density at radius 1 is 1.41 bits per heavy atom. The summed E-state index contributed by atoms with van der Waals surface area (Å²) in [6, 6.07) is 4.94.